The summed E-state index contributed by atoms with van der Waals surface area (Å²) >= 11 is 0. The number of hydrogen-bond acceptors (Lipinski definition) is 5. The van der Waals surface area contributed by atoms with Gasteiger partial charge >= 0.3 is 6.03 Å². The topological polar surface area (TPSA) is 97.0 Å². The summed E-state index contributed by atoms with van der Waals surface area (Å²) in [4.78, 5) is 37.5. The summed E-state index contributed by atoms with van der Waals surface area (Å²) in [7, 11) is 1.46. The third-order valence-electron chi connectivity index (χ3n) is 4.86. The Morgan fingerprint density at radius 1 is 1.30 bits per heavy atom. The van der Waals surface area contributed by atoms with Crippen LogP contribution in [0.1, 0.15) is 42.5 Å². The third kappa shape index (κ3) is 3.60. The van der Waals surface area contributed by atoms with E-state index in [-0.39, 0.29) is 5.56 Å². The Balaban J connectivity index is 1.74. The lowest BCUT2D eigenvalue weighted by atomic mass is 9.82. The normalized spacial score (nSPS) is 18.2. The number of carbonyl (C=O) groups is 3. The van der Waals surface area contributed by atoms with E-state index in [1.54, 1.807) is 12.1 Å². The number of benzene rings is 1. The average molecular weight is 373 g/mol. The van der Waals surface area contributed by atoms with Gasteiger partial charge in [-0.3, -0.25) is 15.0 Å². The van der Waals surface area contributed by atoms with Crippen LogP contribution in [0.4, 0.5) is 4.79 Å². The molecule has 3 rings (SSSR count). The lowest BCUT2D eigenvalue weighted by Crippen LogP contribution is -2.50. The first kappa shape index (κ1) is 18.8. The number of nitrogens with zero attached hydrogens (tertiary/aromatic N) is 1. The van der Waals surface area contributed by atoms with Crippen molar-refractivity contribution in [3.63, 3.8) is 0 Å². The summed E-state index contributed by atoms with van der Waals surface area (Å²) in [6, 6.07) is 4.01. The maximum atomic E-state index is 12.7. The standard InChI is InChI=1S/C19H23N3O5/c1-3-11-27-14-8-7-13(12-15(14)26-2)16(23)21-22-17(24)19(20-18(22)25)9-5-4-6-10-19/h3,7-8,12H,1,4-6,9-11H2,2H3,(H,20,25)(H,21,23). The highest BCUT2D eigenvalue weighted by molar-refractivity contribution is 6.09. The zero-order valence-electron chi connectivity index (χ0n) is 15.2. The summed E-state index contributed by atoms with van der Waals surface area (Å²) in [5, 5.41) is 3.53. The van der Waals surface area contributed by atoms with E-state index in [1.807, 2.05) is 0 Å². The number of ether oxygens (including phenoxy) is 2. The molecular weight excluding hydrogens is 350 g/mol. The maximum absolute atomic E-state index is 12.7. The third-order valence-corrected chi connectivity index (χ3v) is 4.86. The zero-order chi connectivity index (χ0) is 19.4. The summed E-state index contributed by atoms with van der Waals surface area (Å²) < 4.78 is 10.7. The van der Waals surface area contributed by atoms with Crippen molar-refractivity contribution in [2.75, 3.05) is 13.7 Å². The Hall–Kier alpha value is -3.03. The van der Waals surface area contributed by atoms with E-state index in [0.717, 1.165) is 24.3 Å². The molecule has 27 heavy (non-hydrogen) atoms. The number of carbonyl (C=O) groups excluding carboxylic acids is 3. The van der Waals surface area contributed by atoms with Gasteiger partial charge in [0.25, 0.3) is 11.8 Å². The fourth-order valence-corrected chi connectivity index (χ4v) is 3.46. The van der Waals surface area contributed by atoms with Gasteiger partial charge in [-0.05, 0) is 31.0 Å². The van der Waals surface area contributed by atoms with Gasteiger partial charge in [-0.2, -0.15) is 5.01 Å². The summed E-state index contributed by atoms with van der Waals surface area (Å²) in [5.41, 5.74) is 1.75. The number of amides is 4. The van der Waals surface area contributed by atoms with Crippen molar-refractivity contribution in [2.45, 2.75) is 37.6 Å². The second-order valence-corrected chi connectivity index (χ2v) is 6.62. The molecule has 144 valence electrons. The van der Waals surface area contributed by atoms with E-state index in [0.29, 0.717) is 30.9 Å². The van der Waals surface area contributed by atoms with Gasteiger partial charge in [-0.15, -0.1) is 0 Å². The first-order chi connectivity index (χ1) is 13.0. The molecule has 1 aromatic carbocycles. The molecule has 2 N–H and O–H groups in total. The molecule has 1 heterocycles. The van der Waals surface area contributed by atoms with Gasteiger partial charge in [-0.25, -0.2) is 4.79 Å². The Morgan fingerprint density at radius 3 is 2.70 bits per heavy atom. The lowest BCUT2D eigenvalue weighted by molar-refractivity contribution is -0.134. The number of nitrogens with one attached hydrogen (secondary N) is 2. The molecule has 0 aromatic heterocycles. The Labute approximate surface area is 157 Å². The number of imide groups is 1. The molecule has 1 saturated carbocycles. The van der Waals surface area contributed by atoms with E-state index < -0.39 is 23.4 Å². The van der Waals surface area contributed by atoms with Gasteiger partial charge in [0, 0.05) is 5.56 Å². The van der Waals surface area contributed by atoms with E-state index in [2.05, 4.69) is 17.3 Å². The Morgan fingerprint density at radius 2 is 2.04 bits per heavy atom. The maximum Gasteiger partial charge on any atom is 0.344 e. The SMILES string of the molecule is C=CCOc1ccc(C(=O)NN2C(=O)NC3(CCCCC3)C2=O)cc1OC. The van der Waals surface area contributed by atoms with Crippen LogP contribution in [-0.2, 0) is 4.79 Å². The summed E-state index contributed by atoms with van der Waals surface area (Å²) in [6.07, 6.45) is 5.56. The van der Waals surface area contributed by atoms with Gasteiger partial charge in [0.15, 0.2) is 11.5 Å². The van der Waals surface area contributed by atoms with Crippen molar-refractivity contribution in [3.05, 3.63) is 36.4 Å². The van der Waals surface area contributed by atoms with Crippen molar-refractivity contribution < 1.29 is 23.9 Å². The first-order valence-electron chi connectivity index (χ1n) is 8.90. The van der Waals surface area contributed by atoms with E-state index >= 15 is 0 Å². The molecule has 0 radical (unpaired) electrons. The number of hydrogen-bond donors (Lipinski definition) is 2. The molecule has 0 unspecified atom stereocenters. The molecule has 1 aliphatic heterocycles. The molecule has 1 aromatic rings. The summed E-state index contributed by atoms with van der Waals surface area (Å²) in [5.74, 6) is -0.158. The van der Waals surface area contributed by atoms with E-state index in [4.69, 9.17) is 9.47 Å². The highest BCUT2D eigenvalue weighted by atomic mass is 16.5. The lowest BCUT2D eigenvalue weighted by Gasteiger charge is -2.30. The van der Waals surface area contributed by atoms with Crippen LogP contribution in [0.5, 0.6) is 11.5 Å². The van der Waals surface area contributed by atoms with Crippen LogP contribution in [0.3, 0.4) is 0 Å². The minimum absolute atomic E-state index is 0.239. The highest BCUT2D eigenvalue weighted by Gasteiger charge is 2.52. The van der Waals surface area contributed by atoms with Gasteiger partial charge < -0.3 is 14.8 Å². The minimum atomic E-state index is -0.886. The molecule has 2 fully saturated rings. The number of urea groups is 1. The predicted molar refractivity (Wildman–Crippen MR) is 97.3 cm³/mol. The van der Waals surface area contributed by atoms with Gasteiger partial charge in [0.1, 0.15) is 12.1 Å². The van der Waals surface area contributed by atoms with Crippen molar-refractivity contribution in [3.8, 4) is 11.5 Å². The van der Waals surface area contributed by atoms with Gasteiger partial charge in [0.2, 0.25) is 0 Å². The van der Waals surface area contributed by atoms with Crippen LogP contribution in [0.25, 0.3) is 0 Å². The van der Waals surface area contributed by atoms with Crippen molar-refractivity contribution in [1.82, 2.24) is 15.8 Å². The summed E-state index contributed by atoms with van der Waals surface area (Å²) in [6.45, 7) is 3.88. The van der Waals surface area contributed by atoms with Crippen LogP contribution in [0.2, 0.25) is 0 Å². The number of rotatable bonds is 6. The second-order valence-electron chi connectivity index (χ2n) is 6.62. The number of methoxy groups -OCH3 is 1. The fraction of sp³-hybridized carbons (Fsp3) is 0.421. The molecule has 8 nitrogen and oxygen atoms in total. The second kappa shape index (κ2) is 7.69. The average Bonchev–Trinajstić information content (AvgIpc) is 2.90. The van der Waals surface area contributed by atoms with Gasteiger partial charge in [-0.1, -0.05) is 31.9 Å². The minimum Gasteiger partial charge on any atom is -0.493 e. The molecule has 0 atom stereocenters. The quantitative estimate of drug-likeness (QED) is 0.588. The predicted octanol–water partition coefficient (Wildman–Crippen LogP) is 2.16. The monoisotopic (exact) mass is 373 g/mol. The van der Waals surface area contributed by atoms with Crippen molar-refractivity contribution >= 4 is 17.8 Å². The molecule has 0 bridgehead atoms. The largest absolute Gasteiger partial charge is 0.493 e. The Bertz CT molecular complexity index is 771. The molecule has 1 saturated heterocycles. The van der Waals surface area contributed by atoms with E-state index in [9.17, 15) is 14.4 Å². The molecule has 2 aliphatic rings. The van der Waals surface area contributed by atoms with Gasteiger partial charge in [0.05, 0.1) is 7.11 Å². The fourth-order valence-electron chi connectivity index (χ4n) is 3.46. The molecular formula is C19H23N3O5. The van der Waals surface area contributed by atoms with Crippen LogP contribution in [-0.4, -0.2) is 42.1 Å². The number of hydrazine groups is 1. The van der Waals surface area contributed by atoms with Crippen LogP contribution in [0.15, 0.2) is 30.9 Å². The smallest absolute Gasteiger partial charge is 0.344 e. The van der Waals surface area contributed by atoms with E-state index in [1.165, 1.54) is 19.2 Å². The Kier molecular flexibility index (Phi) is 5.34. The van der Waals surface area contributed by atoms with Crippen LogP contribution in [0, 0.1) is 0 Å². The molecule has 8 heteroatoms. The van der Waals surface area contributed by atoms with Crippen LogP contribution >= 0.6 is 0 Å². The van der Waals surface area contributed by atoms with Crippen molar-refractivity contribution in [2.24, 2.45) is 0 Å². The molecule has 4 amide bonds. The first-order valence-corrected chi connectivity index (χ1v) is 8.90. The zero-order valence-corrected chi connectivity index (χ0v) is 15.2. The molecule has 1 spiro atoms. The molecule has 1 aliphatic carbocycles. The highest BCUT2D eigenvalue weighted by Crippen LogP contribution is 2.33. The van der Waals surface area contributed by atoms with Crippen molar-refractivity contribution in [1.29, 1.82) is 0 Å². The van der Waals surface area contributed by atoms with Crippen LogP contribution < -0.4 is 20.2 Å².